The summed E-state index contributed by atoms with van der Waals surface area (Å²) < 4.78 is 0. The molecule has 1 heterocycles. The van der Waals surface area contributed by atoms with Crippen molar-refractivity contribution in [2.75, 3.05) is 0 Å². The molecule has 1 N–H and O–H groups in total. The van der Waals surface area contributed by atoms with E-state index >= 15 is 0 Å². The van der Waals surface area contributed by atoms with Crippen LogP contribution in [-0.4, -0.2) is 12.1 Å². The van der Waals surface area contributed by atoms with Crippen LogP contribution < -0.4 is 5.32 Å². The largest absolute Gasteiger partial charge is 0.311 e. The first-order valence-electron chi connectivity index (χ1n) is 6.69. The van der Waals surface area contributed by atoms with Gasteiger partial charge in [-0.15, -0.1) is 0 Å². The molecule has 0 unspecified atom stereocenters. The Labute approximate surface area is 87.7 Å². The standard InChI is InChI=1S/C13H23N/c1-3-7-12-10(5-1)9-11-6-2-4-8-13(11)14-12/h10-14H,1-9H2/t10-,11-,12-,13+/m0/s1. The Morgan fingerprint density at radius 1 is 0.643 bits per heavy atom. The first-order valence-corrected chi connectivity index (χ1v) is 6.69. The quantitative estimate of drug-likeness (QED) is 0.623. The monoisotopic (exact) mass is 193 g/mol. The van der Waals surface area contributed by atoms with Gasteiger partial charge in [0.25, 0.3) is 0 Å². The van der Waals surface area contributed by atoms with Crippen LogP contribution in [0.1, 0.15) is 57.8 Å². The van der Waals surface area contributed by atoms with Crippen LogP contribution in [0.5, 0.6) is 0 Å². The van der Waals surface area contributed by atoms with E-state index in [9.17, 15) is 0 Å². The highest BCUT2D eigenvalue weighted by molar-refractivity contribution is 4.95. The zero-order valence-corrected chi connectivity index (χ0v) is 9.17. The molecule has 0 aromatic carbocycles. The number of hydrogen-bond acceptors (Lipinski definition) is 1. The smallest absolute Gasteiger partial charge is 0.00981 e. The topological polar surface area (TPSA) is 12.0 Å². The van der Waals surface area contributed by atoms with Crippen molar-refractivity contribution < 1.29 is 0 Å². The lowest BCUT2D eigenvalue weighted by molar-refractivity contribution is 0.0955. The van der Waals surface area contributed by atoms with Gasteiger partial charge in [0.1, 0.15) is 0 Å². The van der Waals surface area contributed by atoms with E-state index < -0.39 is 0 Å². The number of nitrogens with one attached hydrogen (secondary N) is 1. The van der Waals surface area contributed by atoms with E-state index in [1.54, 1.807) is 6.42 Å². The van der Waals surface area contributed by atoms with E-state index in [1.165, 1.54) is 51.4 Å². The second kappa shape index (κ2) is 3.84. The van der Waals surface area contributed by atoms with Gasteiger partial charge in [-0.2, -0.15) is 0 Å². The molecule has 4 atom stereocenters. The van der Waals surface area contributed by atoms with Crippen molar-refractivity contribution in [3.8, 4) is 0 Å². The summed E-state index contributed by atoms with van der Waals surface area (Å²) in [7, 11) is 0. The zero-order chi connectivity index (χ0) is 9.38. The van der Waals surface area contributed by atoms with Gasteiger partial charge < -0.3 is 5.32 Å². The van der Waals surface area contributed by atoms with E-state index in [2.05, 4.69) is 5.32 Å². The molecular weight excluding hydrogens is 170 g/mol. The van der Waals surface area contributed by atoms with Crippen LogP contribution in [0.15, 0.2) is 0 Å². The summed E-state index contributed by atoms with van der Waals surface area (Å²) in [5.74, 6) is 2.09. The normalized spacial score (nSPS) is 48.0. The van der Waals surface area contributed by atoms with Crippen LogP contribution in [0, 0.1) is 11.8 Å². The van der Waals surface area contributed by atoms with Crippen LogP contribution in [0.4, 0.5) is 0 Å². The molecule has 2 aliphatic carbocycles. The van der Waals surface area contributed by atoms with Gasteiger partial charge >= 0.3 is 0 Å². The second-order valence-corrected chi connectivity index (χ2v) is 5.70. The molecule has 3 fully saturated rings. The third-order valence-electron chi connectivity index (χ3n) is 4.85. The molecule has 0 spiro atoms. The Morgan fingerprint density at radius 3 is 1.71 bits per heavy atom. The highest BCUT2D eigenvalue weighted by atomic mass is 15.0. The van der Waals surface area contributed by atoms with Gasteiger partial charge in [-0.25, -0.2) is 0 Å². The zero-order valence-electron chi connectivity index (χ0n) is 9.17. The predicted octanol–water partition coefficient (Wildman–Crippen LogP) is 3.10. The molecule has 0 bridgehead atoms. The van der Waals surface area contributed by atoms with E-state index in [0.717, 1.165) is 23.9 Å². The minimum atomic E-state index is 0.906. The third kappa shape index (κ3) is 1.60. The molecule has 1 saturated heterocycles. The lowest BCUT2D eigenvalue weighted by Crippen LogP contribution is -2.54. The Balaban J connectivity index is 1.68. The molecule has 1 heteroatoms. The Bertz CT molecular complexity index is 159. The summed E-state index contributed by atoms with van der Waals surface area (Å²) in [5.41, 5.74) is 0. The van der Waals surface area contributed by atoms with E-state index in [-0.39, 0.29) is 0 Å². The maximum absolute atomic E-state index is 3.96. The van der Waals surface area contributed by atoms with E-state index in [1.807, 2.05) is 0 Å². The van der Waals surface area contributed by atoms with Crippen molar-refractivity contribution >= 4 is 0 Å². The maximum atomic E-state index is 3.96. The lowest BCUT2D eigenvalue weighted by Gasteiger charge is -2.47. The Hall–Kier alpha value is -0.0400. The molecule has 1 aliphatic heterocycles. The fourth-order valence-corrected chi connectivity index (χ4v) is 4.08. The van der Waals surface area contributed by atoms with Crippen LogP contribution in [0.25, 0.3) is 0 Å². The van der Waals surface area contributed by atoms with E-state index in [4.69, 9.17) is 0 Å². The molecule has 14 heavy (non-hydrogen) atoms. The predicted molar refractivity (Wildman–Crippen MR) is 59.2 cm³/mol. The van der Waals surface area contributed by atoms with Crippen molar-refractivity contribution in [3.05, 3.63) is 0 Å². The maximum Gasteiger partial charge on any atom is 0.00981 e. The summed E-state index contributed by atoms with van der Waals surface area (Å²) in [4.78, 5) is 0. The van der Waals surface area contributed by atoms with Gasteiger partial charge in [0.15, 0.2) is 0 Å². The molecule has 0 amide bonds. The van der Waals surface area contributed by atoms with Crippen molar-refractivity contribution in [2.45, 2.75) is 69.9 Å². The average molecular weight is 193 g/mol. The van der Waals surface area contributed by atoms with Crippen molar-refractivity contribution in [2.24, 2.45) is 11.8 Å². The number of piperidine rings is 1. The Kier molecular flexibility index (Phi) is 2.53. The summed E-state index contributed by atoms with van der Waals surface area (Å²) in [6.45, 7) is 0. The van der Waals surface area contributed by atoms with Crippen LogP contribution in [0.3, 0.4) is 0 Å². The summed E-state index contributed by atoms with van der Waals surface area (Å²) in [5, 5.41) is 3.96. The fourth-order valence-electron chi connectivity index (χ4n) is 4.08. The molecule has 80 valence electrons. The molecule has 1 nitrogen and oxygen atoms in total. The minimum absolute atomic E-state index is 0.906. The Morgan fingerprint density at radius 2 is 1.14 bits per heavy atom. The molecule has 0 radical (unpaired) electrons. The van der Waals surface area contributed by atoms with Gasteiger partial charge in [0.2, 0.25) is 0 Å². The lowest BCUT2D eigenvalue weighted by atomic mass is 9.69. The van der Waals surface area contributed by atoms with Gasteiger partial charge in [-0.1, -0.05) is 25.7 Å². The minimum Gasteiger partial charge on any atom is -0.311 e. The molecule has 2 saturated carbocycles. The van der Waals surface area contributed by atoms with Crippen LogP contribution in [0.2, 0.25) is 0 Å². The van der Waals surface area contributed by atoms with Crippen molar-refractivity contribution in [3.63, 3.8) is 0 Å². The summed E-state index contributed by atoms with van der Waals surface area (Å²) in [6.07, 6.45) is 13.5. The molecule has 3 aliphatic rings. The second-order valence-electron chi connectivity index (χ2n) is 5.70. The van der Waals surface area contributed by atoms with Crippen molar-refractivity contribution in [1.29, 1.82) is 0 Å². The van der Waals surface area contributed by atoms with E-state index in [0.29, 0.717) is 0 Å². The first kappa shape index (κ1) is 9.21. The van der Waals surface area contributed by atoms with Gasteiger partial charge in [-0.05, 0) is 43.9 Å². The number of rotatable bonds is 0. The molecule has 3 rings (SSSR count). The SMILES string of the molecule is C1CC[C@@H]2N[C@@H]3CCCC[C@H]3C[C@@H]2C1. The molecular formula is C13H23N. The highest BCUT2D eigenvalue weighted by Gasteiger charge is 2.38. The number of fused-ring (bicyclic) bond motifs is 2. The van der Waals surface area contributed by atoms with Crippen LogP contribution >= 0.6 is 0 Å². The molecule has 0 aromatic rings. The third-order valence-corrected chi connectivity index (χ3v) is 4.85. The summed E-state index contributed by atoms with van der Waals surface area (Å²) in [6, 6.07) is 1.81. The summed E-state index contributed by atoms with van der Waals surface area (Å²) >= 11 is 0. The van der Waals surface area contributed by atoms with Gasteiger partial charge in [0, 0.05) is 12.1 Å². The van der Waals surface area contributed by atoms with Gasteiger partial charge in [0.05, 0.1) is 0 Å². The molecule has 0 aromatic heterocycles. The van der Waals surface area contributed by atoms with Crippen LogP contribution in [-0.2, 0) is 0 Å². The first-order chi connectivity index (χ1) is 6.93. The fraction of sp³-hybridized carbons (Fsp3) is 1.00. The van der Waals surface area contributed by atoms with Gasteiger partial charge in [-0.3, -0.25) is 0 Å². The number of hydrogen-bond donors (Lipinski definition) is 1. The van der Waals surface area contributed by atoms with Crippen molar-refractivity contribution in [1.82, 2.24) is 5.32 Å². The highest BCUT2D eigenvalue weighted by Crippen LogP contribution is 2.40. The average Bonchev–Trinajstić information content (AvgIpc) is 2.26.